The van der Waals surface area contributed by atoms with Gasteiger partial charge in [0, 0.05) is 12.6 Å². The Morgan fingerprint density at radius 2 is 2.08 bits per heavy atom. The average molecular weight is 183 g/mol. The lowest BCUT2D eigenvalue weighted by atomic mass is 9.87. The van der Waals surface area contributed by atoms with Gasteiger partial charge in [-0.25, -0.2) is 0 Å². The van der Waals surface area contributed by atoms with E-state index >= 15 is 0 Å². The zero-order chi connectivity index (χ0) is 9.10. The molecule has 13 heavy (non-hydrogen) atoms. The Morgan fingerprint density at radius 1 is 1.15 bits per heavy atom. The van der Waals surface area contributed by atoms with E-state index in [0.29, 0.717) is 0 Å². The van der Waals surface area contributed by atoms with E-state index < -0.39 is 0 Å². The molecule has 0 radical (unpaired) electrons. The summed E-state index contributed by atoms with van der Waals surface area (Å²) >= 11 is 0. The summed E-state index contributed by atoms with van der Waals surface area (Å²) in [6.45, 7) is 3.29. The highest BCUT2D eigenvalue weighted by Gasteiger charge is 2.28. The summed E-state index contributed by atoms with van der Waals surface area (Å²) in [6, 6.07) is 0.814. The molecule has 0 aromatic rings. The van der Waals surface area contributed by atoms with Crippen LogP contribution < -0.4 is 0 Å². The van der Waals surface area contributed by atoms with Crippen molar-refractivity contribution in [1.29, 1.82) is 0 Å². The molecule has 0 aliphatic carbocycles. The van der Waals surface area contributed by atoms with E-state index in [1.54, 1.807) is 0 Å². The minimum Gasteiger partial charge on any atom is -0.381 e. The second-order valence-electron chi connectivity index (χ2n) is 4.52. The minimum absolute atomic E-state index is 0.814. The van der Waals surface area contributed by atoms with Gasteiger partial charge in [-0.15, -0.1) is 0 Å². The van der Waals surface area contributed by atoms with Gasteiger partial charge in [0.15, 0.2) is 0 Å². The topological polar surface area (TPSA) is 12.5 Å². The van der Waals surface area contributed by atoms with Crippen LogP contribution in [-0.4, -0.2) is 37.7 Å². The Morgan fingerprint density at radius 3 is 2.77 bits per heavy atom. The average Bonchev–Trinajstić information content (AvgIpc) is 2.20. The molecule has 2 saturated heterocycles. The molecule has 0 aromatic heterocycles. The summed E-state index contributed by atoms with van der Waals surface area (Å²) in [5.41, 5.74) is 0. The van der Waals surface area contributed by atoms with Crippen LogP contribution in [0.5, 0.6) is 0 Å². The van der Waals surface area contributed by atoms with E-state index in [2.05, 4.69) is 11.9 Å². The Balaban J connectivity index is 1.88. The van der Waals surface area contributed by atoms with Crippen LogP contribution >= 0.6 is 0 Å². The molecule has 0 aromatic carbocycles. The maximum atomic E-state index is 5.56. The Labute approximate surface area is 81.3 Å². The maximum Gasteiger partial charge on any atom is 0.0509 e. The molecular weight excluding hydrogens is 162 g/mol. The lowest BCUT2D eigenvalue weighted by Crippen LogP contribution is -2.44. The third-order valence-electron chi connectivity index (χ3n) is 3.57. The number of hydrogen-bond donors (Lipinski definition) is 0. The maximum absolute atomic E-state index is 5.56. The number of piperidine rings is 1. The second kappa shape index (κ2) is 4.43. The molecule has 2 aliphatic heterocycles. The zero-order valence-corrected chi connectivity index (χ0v) is 8.67. The van der Waals surface area contributed by atoms with Crippen molar-refractivity contribution in [3.8, 4) is 0 Å². The van der Waals surface area contributed by atoms with Crippen LogP contribution in [-0.2, 0) is 4.74 Å². The molecule has 0 saturated carbocycles. The highest BCUT2D eigenvalue weighted by Crippen LogP contribution is 2.27. The number of rotatable bonds is 1. The highest BCUT2D eigenvalue weighted by molar-refractivity contribution is 4.82. The van der Waals surface area contributed by atoms with E-state index in [1.165, 1.54) is 38.6 Å². The van der Waals surface area contributed by atoms with Gasteiger partial charge in [-0.05, 0) is 45.2 Å². The normalized spacial score (nSPS) is 37.6. The first-order chi connectivity index (χ1) is 6.38. The van der Waals surface area contributed by atoms with Crippen molar-refractivity contribution in [2.45, 2.75) is 38.1 Å². The van der Waals surface area contributed by atoms with Gasteiger partial charge in [-0.2, -0.15) is 0 Å². The molecule has 0 spiro atoms. The van der Waals surface area contributed by atoms with Gasteiger partial charge in [-0.1, -0.05) is 6.42 Å². The number of hydrogen-bond acceptors (Lipinski definition) is 2. The lowest BCUT2D eigenvalue weighted by molar-refractivity contribution is 0.00470. The van der Waals surface area contributed by atoms with Crippen molar-refractivity contribution in [3.63, 3.8) is 0 Å². The molecule has 0 bridgehead atoms. The molecule has 2 fully saturated rings. The van der Waals surface area contributed by atoms with Crippen molar-refractivity contribution in [1.82, 2.24) is 4.90 Å². The summed E-state index contributed by atoms with van der Waals surface area (Å²) in [7, 11) is 2.28. The van der Waals surface area contributed by atoms with Crippen molar-refractivity contribution >= 4 is 0 Å². The third-order valence-corrected chi connectivity index (χ3v) is 3.57. The quantitative estimate of drug-likeness (QED) is 0.615. The highest BCUT2D eigenvalue weighted by atomic mass is 16.5. The van der Waals surface area contributed by atoms with Gasteiger partial charge in [0.05, 0.1) is 6.61 Å². The monoisotopic (exact) mass is 183 g/mol. The molecule has 2 heteroatoms. The molecule has 2 unspecified atom stereocenters. The first-order valence-electron chi connectivity index (χ1n) is 5.66. The lowest BCUT2D eigenvalue weighted by Gasteiger charge is -2.39. The fourth-order valence-electron chi connectivity index (χ4n) is 2.77. The SMILES string of the molecule is CN1CCCCC1C1CCCOC1. The molecular formula is C11H21NO. The van der Waals surface area contributed by atoms with E-state index in [4.69, 9.17) is 4.74 Å². The zero-order valence-electron chi connectivity index (χ0n) is 8.67. The molecule has 0 amide bonds. The van der Waals surface area contributed by atoms with Crippen LogP contribution in [0.2, 0.25) is 0 Å². The van der Waals surface area contributed by atoms with Crippen LogP contribution in [0.15, 0.2) is 0 Å². The predicted molar refractivity (Wildman–Crippen MR) is 53.8 cm³/mol. The molecule has 2 heterocycles. The van der Waals surface area contributed by atoms with E-state index in [9.17, 15) is 0 Å². The van der Waals surface area contributed by atoms with Crippen LogP contribution in [0.1, 0.15) is 32.1 Å². The summed E-state index contributed by atoms with van der Waals surface area (Å²) in [6.07, 6.45) is 6.86. The van der Waals surface area contributed by atoms with Crippen LogP contribution in [0, 0.1) is 5.92 Å². The Kier molecular flexibility index (Phi) is 3.23. The fraction of sp³-hybridized carbons (Fsp3) is 1.00. The van der Waals surface area contributed by atoms with Gasteiger partial charge >= 0.3 is 0 Å². The number of likely N-dealkylation sites (tertiary alicyclic amines) is 1. The van der Waals surface area contributed by atoms with E-state index in [1.807, 2.05) is 0 Å². The van der Waals surface area contributed by atoms with Gasteiger partial charge < -0.3 is 9.64 Å². The molecule has 2 rings (SSSR count). The van der Waals surface area contributed by atoms with Crippen LogP contribution in [0.3, 0.4) is 0 Å². The molecule has 2 nitrogen and oxygen atoms in total. The first kappa shape index (κ1) is 9.47. The van der Waals surface area contributed by atoms with Crippen molar-refractivity contribution < 1.29 is 4.74 Å². The Hall–Kier alpha value is -0.0800. The fourth-order valence-corrected chi connectivity index (χ4v) is 2.77. The van der Waals surface area contributed by atoms with Crippen LogP contribution in [0.25, 0.3) is 0 Å². The second-order valence-corrected chi connectivity index (χ2v) is 4.52. The van der Waals surface area contributed by atoms with E-state index in [0.717, 1.165) is 25.2 Å². The summed E-state index contributed by atoms with van der Waals surface area (Å²) in [5.74, 6) is 0.819. The standard InChI is InChI=1S/C11H21NO/c1-12-7-3-2-6-11(12)10-5-4-8-13-9-10/h10-11H,2-9H2,1H3. The summed E-state index contributed by atoms with van der Waals surface area (Å²) in [4.78, 5) is 2.54. The number of nitrogens with zero attached hydrogens (tertiary/aromatic N) is 1. The van der Waals surface area contributed by atoms with E-state index in [-0.39, 0.29) is 0 Å². The summed E-state index contributed by atoms with van der Waals surface area (Å²) < 4.78 is 5.56. The van der Waals surface area contributed by atoms with Crippen molar-refractivity contribution in [3.05, 3.63) is 0 Å². The Bertz CT molecular complexity index is 154. The van der Waals surface area contributed by atoms with Gasteiger partial charge in [-0.3, -0.25) is 0 Å². The molecule has 2 aliphatic rings. The largest absolute Gasteiger partial charge is 0.381 e. The van der Waals surface area contributed by atoms with Crippen LogP contribution in [0.4, 0.5) is 0 Å². The number of ether oxygens (including phenoxy) is 1. The third kappa shape index (κ3) is 2.23. The van der Waals surface area contributed by atoms with Gasteiger partial charge in [0.2, 0.25) is 0 Å². The predicted octanol–water partition coefficient (Wildman–Crippen LogP) is 1.90. The van der Waals surface area contributed by atoms with Crippen molar-refractivity contribution in [2.75, 3.05) is 26.8 Å². The van der Waals surface area contributed by atoms with Crippen molar-refractivity contribution in [2.24, 2.45) is 5.92 Å². The molecule has 2 atom stereocenters. The molecule has 0 N–H and O–H groups in total. The first-order valence-corrected chi connectivity index (χ1v) is 5.66. The smallest absolute Gasteiger partial charge is 0.0509 e. The molecule has 76 valence electrons. The minimum atomic E-state index is 0.814. The summed E-state index contributed by atoms with van der Waals surface area (Å²) in [5, 5.41) is 0. The van der Waals surface area contributed by atoms with Gasteiger partial charge in [0.25, 0.3) is 0 Å². The van der Waals surface area contributed by atoms with Gasteiger partial charge in [0.1, 0.15) is 0 Å².